The molecular weight excluding hydrogens is 140 g/mol. The minimum Gasteiger partial charge on any atom is -0.504 e. The largest absolute Gasteiger partial charge is 0.504 e. The molecule has 0 fully saturated rings. The molecule has 0 atom stereocenters. The highest BCUT2D eigenvalue weighted by Gasteiger charge is 1.94. The van der Waals surface area contributed by atoms with Gasteiger partial charge in [0.25, 0.3) is 0 Å². The molecule has 1 aromatic heterocycles. The van der Waals surface area contributed by atoms with Crippen LogP contribution in [0, 0.1) is 0 Å². The second-order valence-electron chi connectivity index (χ2n) is 2.15. The first-order valence-corrected chi connectivity index (χ1v) is 3.32. The van der Waals surface area contributed by atoms with Gasteiger partial charge < -0.3 is 4.74 Å². The Morgan fingerprint density at radius 2 is 2.45 bits per heavy atom. The maximum Gasteiger partial charge on any atom is 0.0917 e. The molecule has 0 saturated carbocycles. The van der Waals surface area contributed by atoms with Crippen molar-refractivity contribution in [2.24, 2.45) is 0 Å². The van der Waals surface area contributed by atoms with Crippen molar-refractivity contribution in [3.05, 3.63) is 30.3 Å². The predicted octanol–water partition coefficient (Wildman–Crippen LogP) is 1.48. The number of aromatic nitrogens is 2. The van der Waals surface area contributed by atoms with E-state index in [9.17, 15) is 0 Å². The lowest BCUT2D eigenvalue weighted by atomic mass is 10.2. The molecule has 0 aliphatic heterocycles. The van der Waals surface area contributed by atoms with Gasteiger partial charge in [-0.1, -0.05) is 0 Å². The van der Waals surface area contributed by atoms with E-state index in [-0.39, 0.29) is 0 Å². The number of rotatable bonds is 2. The van der Waals surface area contributed by atoms with Crippen molar-refractivity contribution < 1.29 is 4.74 Å². The quantitative estimate of drug-likeness (QED) is 0.599. The van der Waals surface area contributed by atoms with Crippen LogP contribution in [0.3, 0.4) is 0 Å². The Morgan fingerprint density at radius 3 is 3.00 bits per heavy atom. The standard InChI is InChI=1S/C8H10N2O/c1-7(6-11-2)8-4-3-5-9-10-8/h3-6H,1-2H3. The highest BCUT2D eigenvalue weighted by Crippen LogP contribution is 2.07. The molecule has 1 heterocycles. The molecule has 0 N–H and O–H groups in total. The topological polar surface area (TPSA) is 35.0 Å². The van der Waals surface area contributed by atoms with Crippen molar-refractivity contribution >= 4 is 5.57 Å². The first kappa shape index (κ1) is 7.72. The summed E-state index contributed by atoms with van der Waals surface area (Å²) in [5.74, 6) is 0. The molecule has 0 saturated heterocycles. The van der Waals surface area contributed by atoms with E-state index in [1.54, 1.807) is 19.6 Å². The third-order valence-corrected chi connectivity index (χ3v) is 1.27. The van der Waals surface area contributed by atoms with Gasteiger partial charge in [-0.05, 0) is 19.1 Å². The molecule has 0 radical (unpaired) electrons. The van der Waals surface area contributed by atoms with Crippen LogP contribution in [0.1, 0.15) is 12.6 Å². The van der Waals surface area contributed by atoms with Crippen LogP contribution >= 0.6 is 0 Å². The summed E-state index contributed by atoms with van der Waals surface area (Å²) in [4.78, 5) is 0. The molecule has 1 rings (SSSR count). The van der Waals surface area contributed by atoms with E-state index in [0.717, 1.165) is 11.3 Å². The molecule has 3 nitrogen and oxygen atoms in total. The van der Waals surface area contributed by atoms with Crippen molar-refractivity contribution in [2.45, 2.75) is 6.92 Å². The van der Waals surface area contributed by atoms with Gasteiger partial charge in [0.1, 0.15) is 0 Å². The summed E-state index contributed by atoms with van der Waals surface area (Å²) in [5, 5.41) is 7.64. The Kier molecular flexibility index (Phi) is 2.60. The molecule has 11 heavy (non-hydrogen) atoms. The van der Waals surface area contributed by atoms with Crippen LogP contribution < -0.4 is 0 Å². The summed E-state index contributed by atoms with van der Waals surface area (Å²) in [6.07, 6.45) is 3.29. The van der Waals surface area contributed by atoms with Gasteiger partial charge in [-0.2, -0.15) is 10.2 Å². The van der Waals surface area contributed by atoms with Gasteiger partial charge in [-0.15, -0.1) is 0 Å². The molecule has 0 spiro atoms. The van der Waals surface area contributed by atoms with Gasteiger partial charge in [-0.3, -0.25) is 0 Å². The third-order valence-electron chi connectivity index (χ3n) is 1.27. The van der Waals surface area contributed by atoms with Gasteiger partial charge in [0.2, 0.25) is 0 Å². The molecule has 0 unspecified atom stereocenters. The zero-order valence-corrected chi connectivity index (χ0v) is 6.61. The van der Waals surface area contributed by atoms with Gasteiger partial charge in [0, 0.05) is 11.8 Å². The summed E-state index contributed by atoms with van der Waals surface area (Å²) in [5.41, 5.74) is 1.81. The van der Waals surface area contributed by atoms with E-state index in [0.29, 0.717) is 0 Å². The van der Waals surface area contributed by atoms with E-state index < -0.39 is 0 Å². The number of ether oxygens (including phenoxy) is 1. The van der Waals surface area contributed by atoms with Crippen molar-refractivity contribution in [3.63, 3.8) is 0 Å². The fourth-order valence-corrected chi connectivity index (χ4v) is 0.749. The number of hydrogen-bond acceptors (Lipinski definition) is 3. The number of methoxy groups -OCH3 is 1. The van der Waals surface area contributed by atoms with Crippen LogP contribution in [0.2, 0.25) is 0 Å². The maximum atomic E-state index is 4.83. The first-order chi connectivity index (χ1) is 5.34. The highest BCUT2D eigenvalue weighted by molar-refractivity contribution is 5.58. The van der Waals surface area contributed by atoms with Crippen molar-refractivity contribution in [2.75, 3.05) is 7.11 Å². The van der Waals surface area contributed by atoms with Crippen LogP contribution in [0.15, 0.2) is 24.6 Å². The maximum absolute atomic E-state index is 4.83. The summed E-state index contributed by atoms with van der Waals surface area (Å²) < 4.78 is 4.83. The minimum atomic E-state index is 0.842. The monoisotopic (exact) mass is 150 g/mol. The van der Waals surface area contributed by atoms with E-state index in [4.69, 9.17) is 4.74 Å². The Hall–Kier alpha value is -1.38. The zero-order chi connectivity index (χ0) is 8.10. The van der Waals surface area contributed by atoms with Gasteiger partial charge >= 0.3 is 0 Å². The summed E-state index contributed by atoms with van der Waals surface area (Å²) >= 11 is 0. The molecule has 3 heteroatoms. The average molecular weight is 150 g/mol. The third kappa shape index (κ3) is 2.04. The van der Waals surface area contributed by atoms with Crippen molar-refractivity contribution in [1.29, 1.82) is 0 Å². The van der Waals surface area contributed by atoms with Gasteiger partial charge in [0.05, 0.1) is 19.1 Å². The summed E-state index contributed by atoms with van der Waals surface area (Å²) in [6.45, 7) is 1.92. The smallest absolute Gasteiger partial charge is 0.0917 e. The molecular formula is C8H10N2O. The second-order valence-corrected chi connectivity index (χ2v) is 2.15. The van der Waals surface area contributed by atoms with Crippen LogP contribution in [0.5, 0.6) is 0 Å². The van der Waals surface area contributed by atoms with Crippen LogP contribution in [0.4, 0.5) is 0 Å². The Morgan fingerprint density at radius 1 is 1.64 bits per heavy atom. The number of allylic oxidation sites excluding steroid dienone is 1. The zero-order valence-electron chi connectivity index (χ0n) is 6.61. The predicted molar refractivity (Wildman–Crippen MR) is 42.7 cm³/mol. The van der Waals surface area contributed by atoms with Crippen molar-refractivity contribution in [1.82, 2.24) is 10.2 Å². The van der Waals surface area contributed by atoms with Crippen LogP contribution in [-0.4, -0.2) is 17.3 Å². The van der Waals surface area contributed by atoms with E-state index in [1.807, 2.05) is 19.1 Å². The van der Waals surface area contributed by atoms with E-state index in [1.165, 1.54) is 0 Å². The van der Waals surface area contributed by atoms with Crippen molar-refractivity contribution in [3.8, 4) is 0 Å². The van der Waals surface area contributed by atoms with Crippen LogP contribution in [-0.2, 0) is 4.74 Å². The molecule has 0 aromatic carbocycles. The Balaban J connectivity index is 2.85. The normalized spacial score (nSPS) is 11.3. The molecule has 0 amide bonds. The Labute approximate surface area is 65.7 Å². The highest BCUT2D eigenvalue weighted by atomic mass is 16.5. The van der Waals surface area contributed by atoms with E-state index >= 15 is 0 Å². The number of hydrogen-bond donors (Lipinski definition) is 0. The fourth-order valence-electron chi connectivity index (χ4n) is 0.749. The molecule has 0 aliphatic carbocycles. The number of nitrogens with zero attached hydrogens (tertiary/aromatic N) is 2. The lowest BCUT2D eigenvalue weighted by molar-refractivity contribution is 0.339. The minimum absolute atomic E-state index is 0.842. The Bertz CT molecular complexity index is 244. The average Bonchev–Trinajstić information content (AvgIpc) is 2.07. The first-order valence-electron chi connectivity index (χ1n) is 3.32. The molecule has 0 bridgehead atoms. The molecule has 58 valence electrons. The van der Waals surface area contributed by atoms with Crippen LogP contribution in [0.25, 0.3) is 5.57 Å². The van der Waals surface area contributed by atoms with E-state index in [2.05, 4.69) is 10.2 Å². The second kappa shape index (κ2) is 3.71. The lowest BCUT2D eigenvalue weighted by Gasteiger charge is -1.96. The van der Waals surface area contributed by atoms with Gasteiger partial charge in [-0.25, -0.2) is 0 Å². The summed E-state index contributed by atoms with van der Waals surface area (Å²) in [6, 6.07) is 3.73. The molecule has 1 aromatic rings. The fraction of sp³-hybridized carbons (Fsp3) is 0.250. The summed E-state index contributed by atoms with van der Waals surface area (Å²) in [7, 11) is 1.61. The lowest BCUT2D eigenvalue weighted by Crippen LogP contribution is -1.87. The van der Waals surface area contributed by atoms with Gasteiger partial charge in [0.15, 0.2) is 0 Å². The SMILES string of the molecule is COC=C(C)c1cccnn1. The molecule has 0 aliphatic rings.